The maximum absolute atomic E-state index is 13.4. The largest absolute Gasteiger partial charge is 0.507 e. The highest BCUT2D eigenvalue weighted by molar-refractivity contribution is 7.22. The van der Waals surface area contributed by atoms with E-state index < -0.39 is 17.7 Å². The number of fused-ring (bicyclic) bond motifs is 1. The molecular weight excluding hydrogens is 478 g/mol. The summed E-state index contributed by atoms with van der Waals surface area (Å²) in [6.07, 6.45) is 3.19. The van der Waals surface area contributed by atoms with E-state index in [1.54, 1.807) is 48.8 Å². The summed E-state index contributed by atoms with van der Waals surface area (Å²) in [6.45, 7) is 4.81. The number of amides is 1. The van der Waals surface area contributed by atoms with E-state index in [4.69, 9.17) is 9.47 Å². The Morgan fingerprint density at radius 2 is 1.75 bits per heavy atom. The van der Waals surface area contributed by atoms with Crippen LogP contribution in [0.4, 0.5) is 5.13 Å². The molecule has 0 radical (unpaired) electrons. The van der Waals surface area contributed by atoms with Crippen LogP contribution in [0.2, 0.25) is 0 Å². The summed E-state index contributed by atoms with van der Waals surface area (Å²) in [5.41, 5.74) is 1.64. The fraction of sp³-hybridized carbons (Fsp3) is 0.185. The van der Waals surface area contributed by atoms with Crippen molar-refractivity contribution in [2.24, 2.45) is 0 Å². The van der Waals surface area contributed by atoms with Crippen LogP contribution in [0.1, 0.15) is 31.0 Å². The van der Waals surface area contributed by atoms with Gasteiger partial charge < -0.3 is 14.6 Å². The average Bonchev–Trinajstić information content (AvgIpc) is 3.43. The molecule has 1 saturated heterocycles. The number of hydrogen-bond acceptors (Lipinski definition) is 8. The van der Waals surface area contributed by atoms with Crippen molar-refractivity contribution in [3.05, 3.63) is 83.7 Å². The highest BCUT2D eigenvalue weighted by Crippen LogP contribution is 2.44. The second-order valence-corrected chi connectivity index (χ2v) is 8.98. The van der Waals surface area contributed by atoms with Crippen LogP contribution in [0, 0.1) is 0 Å². The van der Waals surface area contributed by atoms with Crippen molar-refractivity contribution >= 4 is 44.1 Å². The average molecular weight is 502 g/mol. The van der Waals surface area contributed by atoms with E-state index in [9.17, 15) is 14.7 Å². The number of hydrogen-bond donors (Lipinski definition) is 1. The van der Waals surface area contributed by atoms with Crippen molar-refractivity contribution < 1.29 is 24.2 Å². The molecule has 1 amide bonds. The van der Waals surface area contributed by atoms with Gasteiger partial charge in [0.15, 0.2) is 5.13 Å². The molecule has 1 aliphatic rings. The summed E-state index contributed by atoms with van der Waals surface area (Å²) in [4.78, 5) is 36.8. The van der Waals surface area contributed by atoms with Gasteiger partial charge in [-0.05, 0) is 67.9 Å². The van der Waals surface area contributed by atoms with E-state index in [2.05, 4.69) is 9.97 Å². The number of aliphatic hydroxyl groups excluding tert-OH is 1. The first-order valence-electron chi connectivity index (χ1n) is 11.5. The minimum absolute atomic E-state index is 0.0218. The van der Waals surface area contributed by atoms with Gasteiger partial charge in [0.05, 0.1) is 35.0 Å². The molecule has 36 heavy (non-hydrogen) atoms. The van der Waals surface area contributed by atoms with Gasteiger partial charge in [-0.15, -0.1) is 0 Å². The SMILES string of the molecule is CCOc1ccc(/C(O)=C2\C(=O)C(=O)N(c3nc4ccc(OCC)cc4s3)C2c2cccnc2)cc1. The van der Waals surface area contributed by atoms with Gasteiger partial charge in [-0.25, -0.2) is 4.98 Å². The van der Waals surface area contributed by atoms with Gasteiger partial charge in [0.25, 0.3) is 5.78 Å². The molecule has 4 aromatic rings. The minimum atomic E-state index is -0.891. The molecule has 2 aromatic heterocycles. The van der Waals surface area contributed by atoms with Gasteiger partial charge in [0, 0.05) is 18.0 Å². The summed E-state index contributed by atoms with van der Waals surface area (Å²) in [6, 6.07) is 14.8. The molecule has 1 atom stereocenters. The molecule has 8 nitrogen and oxygen atoms in total. The number of ether oxygens (including phenoxy) is 2. The number of aromatic nitrogens is 2. The topological polar surface area (TPSA) is 102 Å². The smallest absolute Gasteiger partial charge is 0.301 e. The van der Waals surface area contributed by atoms with Gasteiger partial charge in [-0.1, -0.05) is 17.4 Å². The van der Waals surface area contributed by atoms with E-state index in [0.717, 1.165) is 4.70 Å². The number of Topliss-reactive ketones (excluding diaryl/α,β-unsaturated/α-hetero) is 1. The number of nitrogens with zero attached hydrogens (tertiary/aromatic N) is 3. The monoisotopic (exact) mass is 501 g/mol. The van der Waals surface area contributed by atoms with Crippen molar-refractivity contribution in [2.45, 2.75) is 19.9 Å². The Bertz CT molecular complexity index is 1460. The quantitative estimate of drug-likeness (QED) is 0.213. The molecule has 0 bridgehead atoms. The van der Waals surface area contributed by atoms with E-state index >= 15 is 0 Å². The maximum Gasteiger partial charge on any atom is 0.301 e. The molecule has 2 aromatic carbocycles. The molecule has 9 heteroatoms. The van der Waals surface area contributed by atoms with E-state index in [1.165, 1.54) is 16.2 Å². The molecule has 1 unspecified atom stereocenters. The standard InChI is InChI=1S/C27H23N3O5S/c1-3-34-18-9-7-16(8-10-18)24(31)22-23(17-6-5-13-28-15-17)30(26(33)25(22)32)27-29-20-12-11-19(35-4-2)14-21(20)36-27/h5-15,23,31H,3-4H2,1-2H3/b24-22+. The predicted molar refractivity (Wildman–Crippen MR) is 137 cm³/mol. The first-order chi connectivity index (χ1) is 17.5. The molecular formula is C27H23N3O5S. The third-order valence-electron chi connectivity index (χ3n) is 5.75. The highest BCUT2D eigenvalue weighted by atomic mass is 32.1. The Morgan fingerprint density at radius 1 is 1.03 bits per heavy atom. The van der Waals surface area contributed by atoms with Gasteiger partial charge in [0.1, 0.15) is 17.3 Å². The third-order valence-corrected chi connectivity index (χ3v) is 6.77. The van der Waals surface area contributed by atoms with E-state index in [1.807, 2.05) is 32.0 Å². The lowest BCUT2D eigenvalue weighted by atomic mass is 9.96. The summed E-state index contributed by atoms with van der Waals surface area (Å²) < 4.78 is 11.9. The van der Waals surface area contributed by atoms with Crippen LogP contribution in [-0.2, 0) is 9.59 Å². The second kappa shape index (κ2) is 9.79. The molecule has 0 saturated carbocycles. The Kier molecular flexibility index (Phi) is 6.39. The van der Waals surface area contributed by atoms with Crippen LogP contribution >= 0.6 is 11.3 Å². The Hall–Kier alpha value is -4.24. The van der Waals surface area contributed by atoms with Gasteiger partial charge in [-0.3, -0.25) is 19.5 Å². The minimum Gasteiger partial charge on any atom is -0.507 e. The highest BCUT2D eigenvalue weighted by Gasteiger charge is 2.48. The van der Waals surface area contributed by atoms with Gasteiger partial charge in [-0.2, -0.15) is 0 Å². The van der Waals surface area contributed by atoms with Crippen LogP contribution in [0.25, 0.3) is 16.0 Å². The predicted octanol–water partition coefficient (Wildman–Crippen LogP) is 5.12. The van der Waals surface area contributed by atoms with E-state index in [-0.39, 0.29) is 11.3 Å². The number of ketones is 1. The van der Waals surface area contributed by atoms with Crippen molar-refractivity contribution in [2.75, 3.05) is 18.1 Å². The molecule has 0 spiro atoms. The Balaban J connectivity index is 1.64. The van der Waals surface area contributed by atoms with Crippen molar-refractivity contribution in [1.29, 1.82) is 0 Å². The lowest BCUT2D eigenvalue weighted by molar-refractivity contribution is -0.132. The van der Waals surface area contributed by atoms with Crippen LogP contribution in [0.15, 0.2) is 72.6 Å². The molecule has 1 N–H and O–H groups in total. The number of thiazole rings is 1. The van der Waals surface area contributed by atoms with Crippen LogP contribution in [0.5, 0.6) is 11.5 Å². The molecule has 1 fully saturated rings. The fourth-order valence-corrected chi connectivity index (χ4v) is 5.19. The molecule has 3 heterocycles. The van der Waals surface area contributed by atoms with Crippen LogP contribution < -0.4 is 14.4 Å². The van der Waals surface area contributed by atoms with E-state index in [0.29, 0.717) is 46.5 Å². The molecule has 1 aliphatic heterocycles. The summed E-state index contributed by atoms with van der Waals surface area (Å²) in [5.74, 6) is -0.488. The Labute approximate surface area is 211 Å². The third kappa shape index (κ3) is 4.18. The van der Waals surface area contributed by atoms with Crippen LogP contribution in [-0.4, -0.2) is 40.0 Å². The van der Waals surface area contributed by atoms with Crippen molar-refractivity contribution in [1.82, 2.24) is 9.97 Å². The second-order valence-electron chi connectivity index (χ2n) is 7.97. The number of benzene rings is 2. The van der Waals surface area contributed by atoms with Crippen molar-refractivity contribution in [3.8, 4) is 11.5 Å². The first-order valence-corrected chi connectivity index (χ1v) is 12.3. The number of pyridine rings is 1. The van der Waals surface area contributed by atoms with Gasteiger partial charge >= 0.3 is 5.91 Å². The van der Waals surface area contributed by atoms with Crippen molar-refractivity contribution in [3.63, 3.8) is 0 Å². The maximum atomic E-state index is 13.4. The molecule has 5 rings (SSSR count). The molecule has 182 valence electrons. The lowest BCUT2D eigenvalue weighted by Gasteiger charge is -2.22. The summed E-state index contributed by atoms with van der Waals surface area (Å²) >= 11 is 1.28. The summed E-state index contributed by atoms with van der Waals surface area (Å²) in [7, 11) is 0. The zero-order chi connectivity index (χ0) is 25.2. The number of carbonyl (C=O) groups excluding carboxylic acids is 2. The Morgan fingerprint density at radius 3 is 2.44 bits per heavy atom. The normalized spacial score (nSPS) is 17.1. The summed E-state index contributed by atoms with van der Waals surface area (Å²) in [5, 5.41) is 11.6. The van der Waals surface area contributed by atoms with Crippen LogP contribution in [0.3, 0.4) is 0 Å². The van der Waals surface area contributed by atoms with Gasteiger partial charge in [0.2, 0.25) is 0 Å². The fourth-order valence-electron chi connectivity index (χ4n) is 4.17. The lowest BCUT2D eigenvalue weighted by Crippen LogP contribution is -2.29. The zero-order valence-corrected chi connectivity index (χ0v) is 20.5. The number of carbonyl (C=O) groups is 2. The number of aliphatic hydroxyl groups is 1. The first kappa shape index (κ1) is 23.5. The number of rotatable bonds is 7. The molecule has 0 aliphatic carbocycles. The zero-order valence-electron chi connectivity index (χ0n) is 19.7. The number of anilines is 1.